The zero-order valence-electron chi connectivity index (χ0n) is 14.7. The van der Waals surface area contributed by atoms with Crippen LogP contribution in [-0.4, -0.2) is 32.2 Å². The van der Waals surface area contributed by atoms with Gasteiger partial charge in [-0.25, -0.2) is 4.79 Å². The molecule has 0 saturated carbocycles. The number of nitrogens with one attached hydrogen (secondary N) is 1. The SMILES string of the molecule is COc1cccc(NC(=O)[C@H](C)OC(=O)c2cc(C)ccc2OC)c1. The summed E-state index contributed by atoms with van der Waals surface area (Å²) < 4.78 is 15.5. The topological polar surface area (TPSA) is 73.9 Å². The summed E-state index contributed by atoms with van der Waals surface area (Å²) in [6.45, 7) is 3.37. The average Bonchev–Trinajstić information content (AvgIpc) is 2.61. The molecular formula is C19H21NO5. The van der Waals surface area contributed by atoms with Crippen LogP contribution >= 0.6 is 0 Å². The summed E-state index contributed by atoms with van der Waals surface area (Å²) in [6.07, 6.45) is -0.969. The molecule has 0 unspecified atom stereocenters. The molecule has 1 atom stereocenters. The number of aryl methyl sites for hydroxylation is 1. The van der Waals surface area contributed by atoms with Crippen molar-refractivity contribution in [2.75, 3.05) is 19.5 Å². The number of amides is 1. The molecule has 1 amide bonds. The van der Waals surface area contributed by atoms with Gasteiger partial charge in [0, 0.05) is 11.8 Å². The number of hydrogen-bond acceptors (Lipinski definition) is 5. The van der Waals surface area contributed by atoms with Gasteiger partial charge in [0.1, 0.15) is 17.1 Å². The van der Waals surface area contributed by atoms with Gasteiger partial charge >= 0.3 is 5.97 Å². The highest BCUT2D eigenvalue weighted by atomic mass is 16.5. The first-order valence-corrected chi connectivity index (χ1v) is 7.75. The molecule has 6 heteroatoms. The summed E-state index contributed by atoms with van der Waals surface area (Å²) in [5.41, 5.74) is 1.73. The number of benzene rings is 2. The van der Waals surface area contributed by atoms with Gasteiger partial charge in [-0.05, 0) is 38.1 Å². The van der Waals surface area contributed by atoms with Gasteiger partial charge in [-0.3, -0.25) is 4.79 Å². The predicted molar refractivity (Wildman–Crippen MR) is 94.2 cm³/mol. The lowest BCUT2D eigenvalue weighted by Crippen LogP contribution is -2.30. The number of carbonyl (C=O) groups is 2. The quantitative estimate of drug-likeness (QED) is 0.816. The fraction of sp³-hybridized carbons (Fsp3) is 0.263. The Labute approximate surface area is 146 Å². The van der Waals surface area contributed by atoms with Crippen molar-refractivity contribution in [2.45, 2.75) is 20.0 Å². The normalized spacial score (nSPS) is 11.4. The zero-order chi connectivity index (χ0) is 18.4. The Hall–Kier alpha value is -3.02. The lowest BCUT2D eigenvalue weighted by Gasteiger charge is -2.15. The van der Waals surface area contributed by atoms with Gasteiger partial charge < -0.3 is 19.5 Å². The number of hydrogen-bond donors (Lipinski definition) is 1. The van der Waals surface area contributed by atoms with E-state index in [0.717, 1.165) is 5.56 Å². The van der Waals surface area contributed by atoms with Crippen LogP contribution in [0.2, 0.25) is 0 Å². The molecule has 2 aromatic rings. The van der Waals surface area contributed by atoms with Gasteiger partial charge in [0.15, 0.2) is 6.10 Å². The molecule has 0 radical (unpaired) electrons. The van der Waals surface area contributed by atoms with Gasteiger partial charge in [-0.1, -0.05) is 17.7 Å². The fourth-order valence-corrected chi connectivity index (χ4v) is 2.20. The van der Waals surface area contributed by atoms with Crippen LogP contribution in [0.1, 0.15) is 22.8 Å². The smallest absolute Gasteiger partial charge is 0.342 e. The molecule has 2 rings (SSSR count). The van der Waals surface area contributed by atoms with E-state index in [1.165, 1.54) is 14.0 Å². The van der Waals surface area contributed by atoms with Crippen LogP contribution in [0, 0.1) is 6.92 Å². The van der Waals surface area contributed by atoms with E-state index < -0.39 is 18.0 Å². The van der Waals surface area contributed by atoms with E-state index in [0.29, 0.717) is 17.2 Å². The fourth-order valence-electron chi connectivity index (χ4n) is 2.20. The maximum atomic E-state index is 12.3. The first kappa shape index (κ1) is 18.3. The number of esters is 1. The van der Waals surface area contributed by atoms with E-state index in [-0.39, 0.29) is 5.56 Å². The van der Waals surface area contributed by atoms with E-state index in [4.69, 9.17) is 14.2 Å². The van der Waals surface area contributed by atoms with Crippen molar-refractivity contribution in [2.24, 2.45) is 0 Å². The second-order valence-electron chi connectivity index (χ2n) is 5.47. The molecule has 0 aliphatic heterocycles. The van der Waals surface area contributed by atoms with Crippen LogP contribution < -0.4 is 14.8 Å². The first-order valence-electron chi connectivity index (χ1n) is 7.75. The molecule has 25 heavy (non-hydrogen) atoms. The van der Waals surface area contributed by atoms with Crippen molar-refractivity contribution >= 4 is 17.6 Å². The molecule has 0 aliphatic rings. The van der Waals surface area contributed by atoms with Gasteiger partial charge in [0.25, 0.3) is 5.91 Å². The van der Waals surface area contributed by atoms with E-state index in [9.17, 15) is 9.59 Å². The minimum Gasteiger partial charge on any atom is -0.497 e. The number of carbonyl (C=O) groups excluding carboxylic acids is 2. The third-order valence-corrected chi connectivity index (χ3v) is 3.57. The molecule has 0 aliphatic carbocycles. The van der Waals surface area contributed by atoms with E-state index in [2.05, 4.69) is 5.32 Å². The Bertz CT molecular complexity index is 772. The predicted octanol–water partition coefficient (Wildman–Crippen LogP) is 3.20. The number of anilines is 1. The van der Waals surface area contributed by atoms with Crippen LogP contribution in [0.4, 0.5) is 5.69 Å². The lowest BCUT2D eigenvalue weighted by atomic mass is 10.1. The molecule has 0 aromatic heterocycles. The van der Waals surface area contributed by atoms with Gasteiger partial charge in [0.05, 0.1) is 14.2 Å². The molecule has 0 heterocycles. The molecular weight excluding hydrogens is 322 g/mol. The number of methoxy groups -OCH3 is 2. The molecule has 2 aromatic carbocycles. The van der Waals surface area contributed by atoms with Crippen LogP contribution in [0.15, 0.2) is 42.5 Å². The van der Waals surface area contributed by atoms with Crippen LogP contribution in [0.3, 0.4) is 0 Å². The van der Waals surface area contributed by atoms with Crippen LogP contribution in [0.25, 0.3) is 0 Å². The van der Waals surface area contributed by atoms with Gasteiger partial charge in [0.2, 0.25) is 0 Å². The standard InChI is InChI=1S/C19H21NO5/c1-12-8-9-17(24-4)16(10-12)19(22)25-13(2)18(21)20-14-6-5-7-15(11-14)23-3/h5-11,13H,1-4H3,(H,20,21)/t13-/m0/s1. The van der Waals surface area contributed by atoms with Crippen molar-refractivity contribution in [3.05, 3.63) is 53.6 Å². The van der Waals surface area contributed by atoms with E-state index >= 15 is 0 Å². The third-order valence-electron chi connectivity index (χ3n) is 3.57. The Morgan fingerprint density at radius 1 is 1.04 bits per heavy atom. The van der Waals surface area contributed by atoms with Crippen molar-refractivity contribution in [3.8, 4) is 11.5 Å². The number of ether oxygens (including phenoxy) is 3. The van der Waals surface area contributed by atoms with Crippen LogP contribution in [0.5, 0.6) is 11.5 Å². The molecule has 0 saturated heterocycles. The van der Waals surface area contributed by atoms with Crippen molar-refractivity contribution in [3.63, 3.8) is 0 Å². The largest absolute Gasteiger partial charge is 0.497 e. The van der Waals surface area contributed by atoms with Gasteiger partial charge in [-0.15, -0.1) is 0 Å². The zero-order valence-corrected chi connectivity index (χ0v) is 14.7. The molecule has 132 valence electrons. The summed E-state index contributed by atoms with van der Waals surface area (Å²) in [7, 11) is 3.01. The van der Waals surface area contributed by atoms with Crippen molar-refractivity contribution < 1.29 is 23.8 Å². The van der Waals surface area contributed by atoms with Gasteiger partial charge in [-0.2, -0.15) is 0 Å². The molecule has 0 fully saturated rings. The summed E-state index contributed by atoms with van der Waals surface area (Å²) in [5, 5.41) is 2.69. The Morgan fingerprint density at radius 2 is 1.80 bits per heavy atom. The second-order valence-corrected chi connectivity index (χ2v) is 5.47. The Kier molecular flexibility index (Phi) is 6.00. The minimum absolute atomic E-state index is 0.281. The monoisotopic (exact) mass is 343 g/mol. The lowest BCUT2D eigenvalue weighted by molar-refractivity contribution is -0.123. The van der Waals surface area contributed by atoms with Crippen LogP contribution in [-0.2, 0) is 9.53 Å². The summed E-state index contributed by atoms with van der Waals surface area (Å²) >= 11 is 0. The molecule has 0 bridgehead atoms. The molecule has 0 spiro atoms. The first-order chi connectivity index (χ1) is 11.9. The van der Waals surface area contributed by atoms with Crippen molar-refractivity contribution in [1.82, 2.24) is 0 Å². The molecule has 6 nitrogen and oxygen atoms in total. The van der Waals surface area contributed by atoms with E-state index in [1.807, 2.05) is 13.0 Å². The van der Waals surface area contributed by atoms with Crippen molar-refractivity contribution in [1.29, 1.82) is 0 Å². The van der Waals surface area contributed by atoms with E-state index in [1.54, 1.807) is 43.5 Å². The summed E-state index contributed by atoms with van der Waals surface area (Å²) in [5.74, 6) is -0.0370. The highest BCUT2D eigenvalue weighted by Gasteiger charge is 2.21. The average molecular weight is 343 g/mol. The Morgan fingerprint density at radius 3 is 2.48 bits per heavy atom. The maximum Gasteiger partial charge on any atom is 0.342 e. The Balaban J connectivity index is 2.05. The summed E-state index contributed by atoms with van der Waals surface area (Å²) in [6, 6.07) is 12.1. The maximum absolute atomic E-state index is 12.3. The number of rotatable bonds is 6. The second kappa shape index (κ2) is 8.19. The molecule has 1 N–H and O–H groups in total. The highest BCUT2D eigenvalue weighted by Crippen LogP contribution is 2.21. The summed E-state index contributed by atoms with van der Waals surface area (Å²) in [4.78, 5) is 24.6. The third kappa shape index (κ3) is 4.73. The highest BCUT2D eigenvalue weighted by molar-refractivity contribution is 5.98. The minimum atomic E-state index is -0.969.